The van der Waals surface area contributed by atoms with Crippen LogP contribution in [0.4, 0.5) is 5.69 Å². The molecule has 0 bridgehead atoms. The highest BCUT2D eigenvalue weighted by atomic mass is 32.2. The molecule has 1 saturated heterocycles. The molecule has 2 aromatic carbocycles. The van der Waals surface area contributed by atoms with Crippen molar-refractivity contribution in [1.29, 1.82) is 0 Å². The van der Waals surface area contributed by atoms with Crippen LogP contribution in [0, 0.1) is 17.0 Å². The Labute approximate surface area is 168 Å². The van der Waals surface area contributed by atoms with Crippen LogP contribution in [0.15, 0.2) is 53.4 Å². The number of aryl methyl sites for hydroxylation is 1. The molecule has 0 atom stereocenters. The van der Waals surface area contributed by atoms with E-state index in [1.165, 1.54) is 28.6 Å². The number of hydrogen-bond donors (Lipinski definition) is 0. The van der Waals surface area contributed by atoms with Crippen molar-refractivity contribution >= 4 is 21.6 Å². The van der Waals surface area contributed by atoms with Crippen molar-refractivity contribution in [3.63, 3.8) is 0 Å². The van der Waals surface area contributed by atoms with Gasteiger partial charge in [0.2, 0.25) is 10.0 Å². The third kappa shape index (κ3) is 4.90. The van der Waals surface area contributed by atoms with Gasteiger partial charge in [0.05, 0.1) is 9.82 Å². The lowest BCUT2D eigenvalue weighted by atomic mass is 10.2. The van der Waals surface area contributed by atoms with Crippen molar-refractivity contribution < 1.29 is 22.9 Å². The van der Waals surface area contributed by atoms with Crippen molar-refractivity contribution in [3.05, 3.63) is 64.2 Å². The van der Waals surface area contributed by atoms with Crippen molar-refractivity contribution in [2.75, 3.05) is 32.8 Å². The Bertz CT molecular complexity index is 982. The van der Waals surface area contributed by atoms with Gasteiger partial charge in [0.25, 0.3) is 11.6 Å². The van der Waals surface area contributed by atoms with Crippen molar-refractivity contribution in [2.45, 2.75) is 11.8 Å². The average Bonchev–Trinajstić information content (AvgIpc) is 2.72. The van der Waals surface area contributed by atoms with E-state index in [1.807, 2.05) is 6.92 Å². The fourth-order valence-electron chi connectivity index (χ4n) is 2.94. The Morgan fingerprint density at radius 3 is 2.17 bits per heavy atom. The molecule has 10 heteroatoms. The van der Waals surface area contributed by atoms with Gasteiger partial charge in [0, 0.05) is 38.3 Å². The highest BCUT2D eigenvalue weighted by Crippen LogP contribution is 2.19. The molecule has 1 aliphatic rings. The molecule has 0 spiro atoms. The number of nitrogens with zero attached hydrogens (tertiary/aromatic N) is 3. The lowest BCUT2D eigenvalue weighted by Gasteiger charge is -2.34. The number of piperazine rings is 1. The van der Waals surface area contributed by atoms with Crippen LogP contribution >= 0.6 is 0 Å². The van der Waals surface area contributed by atoms with Crippen LogP contribution in [0.25, 0.3) is 0 Å². The van der Waals surface area contributed by atoms with Crippen molar-refractivity contribution in [2.24, 2.45) is 0 Å². The van der Waals surface area contributed by atoms with Gasteiger partial charge in [-0.3, -0.25) is 14.9 Å². The normalized spacial score (nSPS) is 15.1. The number of rotatable bonds is 6. The summed E-state index contributed by atoms with van der Waals surface area (Å²) in [6.07, 6.45) is 0. The summed E-state index contributed by atoms with van der Waals surface area (Å²) < 4.78 is 32.2. The molecule has 1 heterocycles. The summed E-state index contributed by atoms with van der Waals surface area (Å²) in [4.78, 5) is 24.3. The molecule has 9 nitrogen and oxygen atoms in total. The number of hydrogen-bond acceptors (Lipinski definition) is 6. The first-order valence-electron chi connectivity index (χ1n) is 8.99. The van der Waals surface area contributed by atoms with Crippen LogP contribution in [0.1, 0.15) is 5.56 Å². The maximum atomic E-state index is 12.7. The topological polar surface area (TPSA) is 110 Å². The van der Waals surface area contributed by atoms with Crippen LogP contribution < -0.4 is 4.74 Å². The quantitative estimate of drug-likeness (QED) is 0.522. The molecule has 1 aliphatic heterocycles. The maximum absolute atomic E-state index is 12.7. The number of ether oxygens (including phenoxy) is 1. The smallest absolute Gasteiger partial charge is 0.269 e. The van der Waals surface area contributed by atoms with Gasteiger partial charge < -0.3 is 9.64 Å². The Morgan fingerprint density at radius 2 is 1.62 bits per heavy atom. The first-order chi connectivity index (χ1) is 13.8. The minimum atomic E-state index is -3.59. The molecule has 29 heavy (non-hydrogen) atoms. The summed E-state index contributed by atoms with van der Waals surface area (Å²) in [5, 5.41) is 10.6. The van der Waals surface area contributed by atoms with Gasteiger partial charge in [-0.25, -0.2) is 8.42 Å². The Kier molecular flexibility index (Phi) is 6.14. The minimum absolute atomic E-state index is 0.0606. The monoisotopic (exact) mass is 419 g/mol. The summed E-state index contributed by atoms with van der Waals surface area (Å²) in [5.41, 5.74) is 0.918. The number of amides is 1. The number of benzene rings is 2. The van der Waals surface area contributed by atoms with Gasteiger partial charge in [0.15, 0.2) is 6.61 Å². The molecular weight excluding hydrogens is 398 g/mol. The SMILES string of the molecule is Cc1ccc(S(=O)(=O)N2CCN(C(=O)COc3ccc([N+](=O)[O-])cc3)CC2)cc1. The standard InChI is InChI=1S/C19H21N3O6S/c1-15-2-8-18(9-3-15)29(26,27)21-12-10-20(11-13-21)19(23)14-28-17-6-4-16(5-7-17)22(24)25/h2-9H,10-14H2,1H3. The number of carbonyl (C=O) groups excluding carboxylic acids is 1. The van der Waals surface area contributed by atoms with E-state index >= 15 is 0 Å². The van der Waals surface area contributed by atoms with Crippen LogP contribution in [0.5, 0.6) is 5.75 Å². The van der Waals surface area contributed by atoms with Gasteiger partial charge in [-0.15, -0.1) is 0 Å². The first kappa shape index (κ1) is 20.7. The lowest BCUT2D eigenvalue weighted by Crippen LogP contribution is -2.51. The number of nitro groups is 1. The van der Waals surface area contributed by atoms with Crippen molar-refractivity contribution in [1.82, 2.24) is 9.21 Å². The number of nitro benzene ring substituents is 1. The van der Waals surface area contributed by atoms with Crippen LogP contribution in [0.2, 0.25) is 0 Å². The highest BCUT2D eigenvalue weighted by molar-refractivity contribution is 7.89. The summed E-state index contributed by atoms with van der Waals surface area (Å²) in [7, 11) is -3.59. The van der Waals surface area contributed by atoms with Crippen molar-refractivity contribution in [3.8, 4) is 5.75 Å². The van der Waals surface area contributed by atoms with E-state index in [2.05, 4.69) is 0 Å². The summed E-state index contributed by atoms with van der Waals surface area (Å²) in [5.74, 6) is 0.0836. The molecule has 3 rings (SSSR count). The van der Waals surface area contributed by atoms with E-state index in [0.29, 0.717) is 5.75 Å². The third-order valence-electron chi connectivity index (χ3n) is 4.66. The molecule has 1 fully saturated rings. The lowest BCUT2D eigenvalue weighted by molar-refractivity contribution is -0.384. The molecule has 1 amide bonds. The van der Waals surface area contributed by atoms with Crippen LogP contribution in [-0.2, 0) is 14.8 Å². The fourth-order valence-corrected chi connectivity index (χ4v) is 4.36. The molecule has 0 radical (unpaired) electrons. The zero-order valence-electron chi connectivity index (χ0n) is 15.9. The largest absolute Gasteiger partial charge is 0.484 e. The number of non-ortho nitro benzene ring substituents is 1. The van der Waals surface area contributed by atoms with Gasteiger partial charge in [-0.1, -0.05) is 17.7 Å². The van der Waals surface area contributed by atoms with E-state index in [1.54, 1.807) is 29.2 Å². The molecule has 0 saturated carbocycles. The predicted molar refractivity (Wildman–Crippen MR) is 105 cm³/mol. The first-order valence-corrected chi connectivity index (χ1v) is 10.4. The summed E-state index contributed by atoms with van der Waals surface area (Å²) in [6.45, 7) is 2.63. The zero-order chi connectivity index (χ0) is 21.0. The Morgan fingerprint density at radius 1 is 1.03 bits per heavy atom. The second kappa shape index (κ2) is 8.58. The molecule has 0 unspecified atom stereocenters. The van der Waals surface area contributed by atoms with Gasteiger partial charge in [0.1, 0.15) is 5.75 Å². The van der Waals surface area contributed by atoms with Crippen LogP contribution in [-0.4, -0.2) is 61.2 Å². The number of sulfonamides is 1. The van der Waals surface area contributed by atoms with E-state index in [-0.39, 0.29) is 49.3 Å². The second-order valence-corrected chi connectivity index (χ2v) is 8.58. The molecule has 2 aromatic rings. The third-order valence-corrected chi connectivity index (χ3v) is 6.57. The molecule has 0 N–H and O–H groups in total. The second-order valence-electron chi connectivity index (χ2n) is 6.64. The average molecular weight is 419 g/mol. The number of carbonyl (C=O) groups is 1. The van der Waals surface area contributed by atoms with E-state index in [0.717, 1.165) is 5.56 Å². The van der Waals surface area contributed by atoms with Gasteiger partial charge >= 0.3 is 0 Å². The maximum Gasteiger partial charge on any atom is 0.269 e. The van der Waals surface area contributed by atoms with Gasteiger partial charge in [-0.2, -0.15) is 4.31 Å². The minimum Gasteiger partial charge on any atom is -0.484 e. The fraction of sp³-hybridized carbons (Fsp3) is 0.316. The zero-order valence-corrected chi connectivity index (χ0v) is 16.7. The molecule has 0 aromatic heterocycles. The predicted octanol–water partition coefficient (Wildman–Crippen LogP) is 1.82. The van der Waals surface area contributed by atoms with Crippen LogP contribution in [0.3, 0.4) is 0 Å². The summed E-state index contributed by atoms with van der Waals surface area (Å²) in [6, 6.07) is 12.1. The van der Waals surface area contributed by atoms with E-state index < -0.39 is 14.9 Å². The van der Waals surface area contributed by atoms with E-state index in [4.69, 9.17) is 4.74 Å². The Balaban J connectivity index is 1.52. The summed E-state index contributed by atoms with van der Waals surface area (Å²) >= 11 is 0. The molecule has 154 valence electrons. The molecule has 0 aliphatic carbocycles. The van der Waals surface area contributed by atoms with E-state index in [9.17, 15) is 23.3 Å². The van der Waals surface area contributed by atoms with Gasteiger partial charge in [-0.05, 0) is 31.2 Å². The Hall–Kier alpha value is -2.98. The highest BCUT2D eigenvalue weighted by Gasteiger charge is 2.30. The molecular formula is C19H21N3O6S.